The summed E-state index contributed by atoms with van der Waals surface area (Å²) in [5.74, 6) is 0.895. The monoisotopic (exact) mass is 295 g/mol. The van der Waals surface area contributed by atoms with E-state index in [1.807, 2.05) is 6.92 Å². The minimum atomic E-state index is -0.225. The van der Waals surface area contributed by atoms with Crippen molar-refractivity contribution in [2.75, 3.05) is 18.4 Å². The van der Waals surface area contributed by atoms with E-state index < -0.39 is 0 Å². The second kappa shape index (κ2) is 6.85. The van der Waals surface area contributed by atoms with Gasteiger partial charge in [0.25, 0.3) is 5.91 Å². The summed E-state index contributed by atoms with van der Waals surface area (Å²) < 4.78 is 4.61. The van der Waals surface area contributed by atoms with Gasteiger partial charge in [-0.05, 0) is 19.1 Å². The van der Waals surface area contributed by atoms with Crippen LogP contribution in [0.1, 0.15) is 23.1 Å². The Morgan fingerprint density at radius 1 is 1.45 bits per heavy atom. The number of halogens is 1. The maximum atomic E-state index is 12.0. The molecule has 2 heterocycles. The van der Waals surface area contributed by atoms with Gasteiger partial charge in [-0.1, -0.05) is 16.8 Å². The summed E-state index contributed by atoms with van der Waals surface area (Å²) in [6.45, 7) is 3.05. The zero-order valence-corrected chi connectivity index (χ0v) is 11.6. The molecule has 0 spiro atoms. The molecule has 106 valence electrons. The van der Waals surface area contributed by atoms with Gasteiger partial charge in [-0.25, -0.2) is 4.98 Å². The minimum Gasteiger partial charge on any atom is -0.370 e. The first-order valence-corrected chi connectivity index (χ1v) is 6.51. The van der Waals surface area contributed by atoms with E-state index in [1.54, 1.807) is 6.07 Å². The van der Waals surface area contributed by atoms with E-state index in [4.69, 9.17) is 11.6 Å². The Balaban J connectivity index is 1.94. The molecule has 0 saturated carbocycles. The van der Waals surface area contributed by atoms with Crippen LogP contribution in [0.5, 0.6) is 0 Å². The minimum absolute atomic E-state index is 0.225. The number of nitrogens with zero attached hydrogens (tertiary/aromatic N) is 3. The maximum Gasteiger partial charge on any atom is 0.251 e. The molecule has 0 unspecified atom stereocenters. The molecule has 2 aromatic heterocycles. The third-order valence-corrected chi connectivity index (χ3v) is 2.65. The van der Waals surface area contributed by atoms with Crippen LogP contribution in [0.3, 0.4) is 0 Å². The molecule has 0 aliphatic carbocycles. The molecule has 1 amide bonds. The third-order valence-electron chi connectivity index (χ3n) is 2.46. The van der Waals surface area contributed by atoms with Crippen LogP contribution in [-0.4, -0.2) is 34.1 Å². The molecule has 0 aromatic carbocycles. The van der Waals surface area contributed by atoms with E-state index in [0.29, 0.717) is 36.7 Å². The van der Waals surface area contributed by atoms with Crippen molar-refractivity contribution in [1.82, 2.24) is 20.4 Å². The average Bonchev–Trinajstić information content (AvgIpc) is 2.91. The van der Waals surface area contributed by atoms with E-state index in [0.717, 1.165) is 0 Å². The number of hydrogen-bond acceptors (Lipinski definition) is 6. The Bertz CT molecular complexity index is 573. The van der Waals surface area contributed by atoms with Gasteiger partial charge in [-0.3, -0.25) is 4.79 Å². The zero-order chi connectivity index (χ0) is 14.4. The van der Waals surface area contributed by atoms with Crippen molar-refractivity contribution in [1.29, 1.82) is 0 Å². The Kier molecular flexibility index (Phi) is 4.89. The highest BCUT2D eigenvalue weighted by atomic mass is 35.5. The highest BCUT2D eigenvalue weighted by molar-refractivity contribution is 6.29. The number of nitrogens with one attached hydrogen (secondary N) is 2. The number of aromatic nitrogens is 3. The predicted molar refractivity (Wildman–Crippen MR) is 73.7 cm³/mol. The van der Waals surface area contributed by atoms with Crippen molar-refractivity contribution in [3.63, 3.8) is 0 Å². The number of hydrogen-bond donors (Lipinski definition) is 2. The van der Waals surface area contributed by atoms with E-state index in [1.165, 1.54) is 12.5 Å². The van der Waals surface area contributed by atoms with E-state index >= 15 is 0 Å². The summed E-state index contributed by atoms with van der Waals surface area (Å²) in [4.78, 5) is 19.9. The highest BCUT2D eigenvalue weighted by Crippen LogP contribution is 2.14. The maximum absolute atomic E-state index is 12.0. The van der Waals surface area contributed by atoms with Crippen molar-refractivity contribution in [3.05, 3.63) is 35.1 Å². The Morgan fingerprint density at radius 3 is 3.00 bits per heavy atom. The van der Waals surface area contributed by atoms with Crippen LogP contribution < -0.4 is 10.6 Å². The molecule has 0 radical (unpaired) electrons. The summed E-state index contributed by atoms with van der Waals surface area (Å²) in [7, 11) is 0. The fourth-order valence-corrected chi connectivity index (χ4v) is 1.80. The van der Waals surface area contributed by atoms with Crippen molar-refractivity contribution in [3.8, 4) is 0 Å². The number of carbonyl (C=O) groups is 1. The number of rotatable bonds is 6. The number of anilines is 1. The zero-order valence-electron chi connectivity index (χ0n) is 10.9. The Labute approximate surface area is 120 Å². The largest absolute Gasteiger partial charge is 0.370 e. The first-order valence-electron chi connectivity index (χ1n) is 6.14. The van der Waals surface area contributed by atoms with Crippen LogP contribution in [0.15, 0.2) is 23.0 Å². The lowest BCUT2D eigenvalue weighted by molar-refractivity contribution is 0.0954. The molecule has 20 heavy (non-hydrogen) atoms. The van der Waals surface area contributed by atoms with Crippen molar-refractivity contribution < 1.29 is 9.32 Å². The molecular formula is C12H14ClN5O2. The summed E-state index contributed by atoms with van der Waals surface area (Å²) in [5.41, 5.74) is 0.453. The second-order valence-corrected chi connectivity index (χ2v) is 4.33. The van der Waals surface area contributed by atoms with Gasteiger partial charge in [-0.15, -0.1) is 0 Å². The van der Waals surface area contributed by atoms with Crippen molar-refractivity contribution in [2.24, 2.45) is 0 Å². The van der Waals surface area contributed by atoms with Gasteiger partial charge in [0.2, 0.25) is 6.39 Å². The van der Waals surface area contributed by atoms with Gasteiger partial charge in [0.05, 0.1) is 0 Å². The van der Waals surface area contributed by atoms with Gasteiger partial charge in [0.1, 0.15) is 11.0 Å². The molecule has 0 saturated heterocycles. The number of pyridine rings is 1. The van der Waals surface area contributed by atoms with Crippen LogP contribution in [0.4, 0.5) is 5.82 Å². The van der Waals surface area contributed by atoms with Gasteiger partial charge < -0.3 is 15.2 Å². The highest BCUT2D eigenvalue weighted by Gasteiger charge is 2.09. The molecule has 7 nitrogen and oxygen atoms in total. The molecule has 2 N–H and O–H groups in total. The number of carbonyl (C=O) groups excluding carboxylic acids is 1. The normalized spacial score (nSPS) is 10.3. The van der Waals surface area contributed by atoms with E-state index in [9.17, 15) is 4.79 Å². The quantitative estimate of drug-likeness (QED) is 0.785. The molecule has 8 heteroatoms. The fourth-order valence-electron chi connectivity index (χ4n) is 1.59. The molecular weight excluding hydrogens is 282 g/mol. The van der Waals surface area contributed by atoms with Gasteiger partial charge in [0.15, 0.2) is 5.82 Å². The average molecular weight is 296 g/mol. The molecule has 2 aromatic rings. The standard InChI is InChI=1S/C12H14ClN5O2/c1-2-14-11-6-8(5-9(13)17-11)12(19)15-4-3-10-16-7-20-18-10/h5-7H,2-4H2,1H3,(H,14,17)(H,15,19). The fraction of sp³-hybridized carbons (Fsp3) is 0.333. The lowest BCUT2D eigenvalue weighted by Crippen LogP contribution is -2.26. The van der Waals surface area contributed by atoms with Crippen molar-refractivity contribution >= 4 is 23.3 Å². The summed E-state index contributed by atoms with van der Waals surface area (Å²) in [6, 6.07) is 3.17. The number of amides is 1. The van der Waals surface area contributed by atoms with Crippen LogP contribution >= 0.6 is 11.6 Å². The smallest absolute Gasteiger partial charge is 0.251 e. The molecule has 0 aliphatic rings. The lowest BCUT2D eigenvalue weighted by atomic mass is 10.2. The van der Waals surface area contributed by atoms with Crippen LogP contribution in [0, 0.1) is 0 Å². The van der Waals surface area contributed by atoms with E-state index in [-0.39, 0.29) is 11.1 Å². The topological polar surface area (TPSA) is 92.9 Å². The van der Waals surface area contributed by atoms with Crippen molar-refractivity contribution in [2.45, 2.75) is 13.3 Å². The summed E-state index contributed by atoms with van der Waals surface area (Å²) in [5, 5.41) is 9.70. The van der Waals surface area contributed by atoms with Crippen LogP contribution in [0.2, 0.25) is 5.15 Å². The third kappa shape index (κ3) is 3.92. The molecule has 0 bridgehead atoms. The van der Waals surface area contributed by atoms with Gasteiger partial charge >= 0.3 is 0 Å². The molecule has 2 rings (SSSR count). The van der Waals surface area contributed by atoms with Crippen LogP contribution in [0.25, 0.3) is 0 Å². The molecule has 0 aliphatic heterocycles. The molecule has 0 fully saturated rings. The first kappa shape index (κ1) is 14.3. The van der Waals surface area contributed by atoms with Gasteiger partial charge in [-0.2, -0.15) is 4.98 Å². The SMILES string of the molecule is CCNc1cc(C(=O)NCCc2ncon2)cc(Cl)n1. The molecule has 0 atom stereocenters. The van der Waals surface area contributed by atoms with Gasteiger partial charge in [0, 0.05) is 25.1 Å². The van der Waals surface area contributed by atoms with E-state index in [2.05, 4.69) is 30.3 Å². The summed E-state index contributed by atoms with van der Waals surface area (Å²) >= 11 is 5.88. The van der Waals surface area contributed by atoms with Crippen LogP contribution in [-0.2, 0) is 6.42 Å². The lowest BCUT2D eigenvalue weighted by Gasteiger charge is -2.07. The predicted octanol–water partition coefficient (Wildman–Crippen LogP) is 1.52. The Morgan fingerprint density at radius 2 is 2.30 bits per heavy atom. The Hall–Kier alpha value is -2.15. The first-order chi connectivity index (χ1) is 9.69. The second-order valence-electron chi connectivity index (χ2n) is 3.95. The summed E-state index contributed by atoms with van der Waals surface area (Å²) in [6.07, 6.45) is 1.75.